The summed E-state index contributed by atoms with van der Waals surface area (Å²) in [6.07, 6.45) is 2.09. The summed E-state index contributed by atoms with van der Waals surface area (Å²) in [5, 5.41) is 7.79. The fraction of sp³-hybridized carbons (Fsp3) is 0.318. The zero-order chi connectivity index (χ0) is 21.6. The number of amides is 4. The highest BCUT2D eigenvalue weighted by molar-refractivity contribution is 6.02. The highest BCUT2D eigenvalue weighted by atomic mass is 16.6. The lowest BCUT2D eigenvalue weighted by Gasteiger charge is -2.19. The largest absolute Gasteiger partial charge is 0.486 e. The van der Waals surface area contributed by atoms with Gasteiger partial charge < -0.3 is 25.0 Å². The molecule has 2 heterocycles. The number of carbonyl (C=O) groups excluding carboxylic acids is 3. The molecule has 162 valence electrons. The minimum absolute atomic E-state index is 0.0256. The first-order valence-electron chi connectivity index (χ1n) is 10.2. The van der Waals surface area contributed by atoms with Crippen LogP contribution in [-0.4, -0.2) is 55.6 Å². The van der Waals surface area contributed by atoms with Gasteiger partial charge in [0.25, 0.3) is 5.91 Å². The molecule has 2 aliphatic rings. The Balaban J connectivity index is 1.23. The molecule has 2 aliphatic heterocycles. The molecule has 0 spiro atoms. The van der Waals surface area contributed by atoms with Crippen molar-refractivity contribution < 1.29 is 23.9 Å². The molecule has 4 amide bonds. The van der Waals surface area contributed by atoms with Gasteiger partial charge in [0.2, 0.25) is 5.91 Å². The van der Waals surface area contributed by atoms with Crippen molar-refractivity contribution in [1.82, 2.24) is 10.2 Å². The van der Waals surface area contributed by atoms with Gasteiger partial charge >= 0.3 is 6.03 Å². The Morgan fingerprint density at radius 2 is 1.55 bits per heavy atom. The first-order chi connectivity index (χ1) is 15.1. The Hall–Kier alpha value is -3.75. The zero-order valence-electron chi connectivity index (χ0n) is 17.0. The molecule has 0 aliphatic carbocycles. The normalized spacial score (nSPS) is 14.6. The van der Waals surface area contributed by atoms with Gasteiger partial charge in [0.05, 0.1) is 6.54 Å². The van der Waals surface area contributed by atoms with Gasteiger partial charge in [-0.1, -0.05) is 0 Å². The van der Waals surface area contributed by atoms with Crippen LogP contribution in [0.15, 0.2) is 42.5 Å². The van der Waals surface area contributed by atoms with Gasteiger partial charge in [0, 0.05) is 36.1 Å². The Kier molecular flexibility index (Phi) is 6.21. The first-order valence-corrected chi connectivity index (χ1v) is 10.2. The van der Waals surface area contributed by atoms with Gasteiger partial charge in [-0.2, -0.15) is 0 Å². The highest BCUT2D eigenvalue weighted by Crippen LogP contribution is 2.32. The number of ether oxygens (including phenoxy) is 2. The third-order valence-electron chi connectivity index (χ3n) is 5.03. The van der Waals surface area contributed by atoms with Crippen LogP contribution in [0.25, 0.3) is 0 Å². The first kappa shape index (κ1) is 20.5. The number of hydrogen-bond acceptors (Lipinski definition) is 6. The molecule has 0 unspecified atom stereocenters. The second-order valence-electron chi connectivity index (χ2n) is 7.29. The minimum atomic E-state index is -0.643. The summed E-state index contributed by atoms with van der Waals surface area (Å²) < 4.78 is 10.9. The Morgan fingerprint density at radius 3 is 2.29 bits per heavy atom. The zero-order valence-corrected chi connectivity index (χ0v) is 17.0. The summed E-state index contributed by atoms with van der Waals surface area (Å²) in [6, 6.07) is 11.3. The molecule has 2 aromatic carbocycles. The van der Waals surface area contributed by atoms with E-state index in [1.165, 1.54) is 0 Å². The maximum Gasteiger partial charge on any atom is 0.325 e. The van der Waals surface area contributed by atoms with E-state index in [1.54, 1.807) is 42.5 Å². The lowest BCUT2D eigenvalue weighted by molar-refractivity contribution is -0.118. The van der Waals surface area contributed by atoms with Crippen molar-refractivity contribution in [3.05, 3.63) is 48.0 Å². The SMILES string of the molecule is O=C(CNc1ccc(C(=O)N2CCCC2)cc1)NC(=O)Nc1ccc2c(c1)OCCO2. The molecule has 0 radical (unpaired) electrons. The van der Waals surface area contributed by atoms with Crippen LogP contribution < -0.4 is 25.4 Å². The number of fused-ring (bicyclic) bond motifs is 1. The molecule has 9 heteroatoms. The summed E-state index contributed by atoms with van der Waals surface area (Å²) in [4.78, 5) is 38.3. The van der Waals surface area contributed by atoms with E-state index in [2.05, 4.69) is 16.0 Å². The number of nitrogens with zero attached hydrogens (tertiary/aromatic N) is 1. The lowest BCUT2D eigenvalue weighted by Crippen LogP contribution is -2.38. The summed E-state index contributed by atoms with van der Waals surface area (Å²) >= 11 is 0. The highest BCUT2D eigenvalue weighted by Gasteiger charge is 2.19. The number of anilines is 2. The fourth-order valence-electron chi connectivity index (χ4n) is 3.47. The molecule has 1 saturated heterocycles. The number of nitrogens with one attached hydrogen (secondary N) is 3. The van der Waals surface area contributed by atoms with Gasteiger partial charge in [-0.05, 0) is 49.2 Å². The van der Waals surface area contributed by atoms with Crippen LogP contribution in [0.4, 0.5) is 16.2 Å². The van der Waals surface area contributed by atoms with E-state index in [0.29, 0.717) is 41.7 Å². The van der Waals surface area contributed by atoms with Gasteiger partial charge in [-0.3, -0.25) is 14.9 Å². The molecule has 31 heavy (non-hydrogen) atoms. The smallest absolute Gasteiger partial charge is 0.325 e. The number of benzene rings is 2. The average Bonchev–Trinajstić information content (AvgIpc) is 3.32. The molecular formula is C22H24N4O5. The number of likely N-dealkylation sites (tertiary alicyclic amines) is 1. The van der Waals surface area contributed by atoms with Crippen molar-refractivity contribution >= 4 is 29.2 Å². The summed E-state index contributed by atoms with van der Waals surface area (Å²) in [6.45, 7) is 2.44. The van der Waals surface area contributed by atoms with E-state index < -0.39 is 11.9 Å². The number of imide groups is 1. The third kappa shape index (κ3) is 5.25. The summed E-state index contributed by atoms with van der Waals surface area (Å²) in [5.41, 5.74) is 1.79. The summed E-state index contributed by atoms with van der Waals surface area (Å²) in [7, 11) is 0. The van der Waals surface area contributed by atoms with Gasteiger partial charge in [0.1, 0.15) is 13.2 Å². The van der Waals surface area contributed by atoms with Gasteiger partial charge in [0.15, 0.2) is 11.5 Å². The Bertz CT molecular complexity index is 970. The molecule has 0 bridgehead atoms. The molecule has 9 nitrogen and oxygen atoms in total. The van der Waals surface area contributed by atoms with E-state index in [0.717, 1.165) is 25.9 Å². The van der Waals surface area contributed by atoms with Crippen LogP contribution in [-0.2, 0) is 4.79 Å². The number of urea groups is 1. The van der Waals surface area contributed by atoms with Crippen molar-refractivity contribution in [2.45, 2.75) is 12.8 Å². The quantitative estimate of drug-likeness (QED) is 0.680. The molecule has 0 atom stereocenters. The average molecular weight is 424 g/mol. The van der Waals surface area contributed by atoms with Gasteiger partial charge in [-0.15, -0.1) is 0 Å². The molecular weight excluding hydrogens is 400 g/mol. The van der Waals surface area contributed by atoms with E-state index in [9.17, 15) is 14.4 Å². The maximum atomic E-state index is 12.4. The standard InChI is InChI=1S/C22H24N4O5/c27-20(25-22(29)24-17-7-8-18-19(13-17)31-12-11-30-18)14-23-16-5-3-15(4-6-16)21(28)26-9-1-2-10-26/h3-8,13,23H,1-2,9-12,14H2,(H2,24,25,27,29). The van der Waals surface area contributed by atoms with Gasteiger partial charge in [-0.25, -0.2) is 4.79 Å². The third-order valence-corrected chi connectivity index (χ3v) is 5.03. The topological polar surface area (TPSA) is 109 Å². The van der Waals surface area contributed by atoms with E-state index in [4.69, 9.17) is 9.47 Å². The van der Waals surface area contributed by atoms with E-state index in [1.807, 2.05) is 4.90 Å². The van der Waals surface area contributed by atoms with Crippen LogP contribution in [0.1, 0.15) is 23.2 Å². The Morgan fingerprint density at radius 1 is 0.871 bits per heavy atom. The van der Waals surface area contributed by atoms with E-state index in [-0.39, 0.29) is 12.5 Å². The van der Waals surface area contributed by atoms with E-state index >= 15 is 0 Å². The predicted molar refractivity (Wildman–Crippen MR) is 115 cm³/mol. The number of rotatable bonds is 5. The predicted octanol–water partition coefficient (Wildman–Crippen LogP) is 2.45. The van der Waals surface area contributed by atoms with Crippen LogP contribution in [0.3, 0.4) is 0 Å². The fourth-order valence-corrected chi connectivity index (χ4v) is 3.47. The molecule has 4 rings (SSSR count). The molecule has 2 aromatic rings. The molecule has 3 N–H and O–H groups in total. The van der Waals surface area contributed by atoms with Crippen molar-refractivity contribution in [2.75, 3.05) is 43.5 Å². The second-order valence-corrected chi connectivity index (χ2v) is 7.29. The molecule has 0 saturated carbocycles. The molecule has 1 fully saturated rings. The van der Waals surface area contributed by atoms with Crippen molar-refractivity contribution in [2.24, 2.45) is 0 Å². The molecule has 0 aromatic heterocycles. The summed E-state index contributed by atoms with van der Waals surface area (Å²) in [5.74, 6) is 0.694. The monoisotopic (exact) mass is 424 g/mol. The minimum Gasteiger partial charge on any atom is -0.486 e. The van der Waals surface area contributed by atoms with Crippen LogP contribution in [0.5, 0.6) is 11.5 Å². The van der Waals surface area contributed by atoms with Crippen LogP contribution >= 0.6 is 0 Å². The van der Waals surface area contributed by atoms with Crippen molar-refractivity contribution in [3.63, 3.8) is 0 Å². The lowest BCUT2D eigenvalue weighted by atomic mass is 10.2. The van der Waals surface area contributed by atoms with Crippen molar-refractivity contribution in [1.29, 1.82) is 0 Å². The maximum absolute atomic E-state index is 12.4. The van der Waals surface area contributed by atoms with Crippen LogP contribution in [0, 0.1) is 0 Å². The second kappa shape index (κ2) is 9.38. The Labute approximate surface area is 179 Å². The number of carbonyl (C=O) groups is 3. The number of hydrogen-bond donors (Lipinski definition) is 3. The van der Waals surface area contributed by atoms with Crippen molar-refractivity contribution in [3.8, 4) is 11.5 Å². The van der Waals surface area contributed by atoms with Crippen LogP contribution in [0.2, 0.25) is 0 Å².